The van der Waals surface area contributed by atoms with Crippen LogP contribution in [0, 0.1) is 12.7 Å². The molecule has 2 aromatic carbocycles. The molecule has 4 heteroatoms. The molecular weight excluding hydrogens is 265 g/mol. The molecule has 1 heterocycles. The van der Waals surface area contributed by atoms with Gasteiger partial charge in [0.1, 0.15) is 11.6 Å². The van der Waals surface area contributed by atoms with Crippen molar-refractivity contribution in [2.75, 3.05) is 5.73 Å². The van der Waals surface area contributed by atoms with Gasteiger partial charge in [0, 0.05) is 17.3 Å². The van der Waals surface area contributed by atoms with Gasteiger partial charge in [0.2, 0.25) is 0 Å². The van der Waals surface area contributed by atoms with E-state index in [0.29, 0.717) is 11.7 Å². The van der Waals surface area contributed by atoms with Gasteiger partial charge in [-0.15, -0.1) is 0 Å². The average molecular weight is 281 g/mol. The zero-order valence-electron chi connectivity index (χ0n) is 11.8. The van der Waals surface area contributed by atoms with E-state index in [1.807, 2.05) is 25.1 Å². The standard InChI is InChI=1S/C17H16FN3/c1-10-3-2-4-13(19)16(10)17-20-14-8-5-11(18)9-15(14)21(17)12-6-7-12/h2-5,8-9,12H,6-7,19H2,1H3. The number of nitrogen functional groups attached to an aromatic ring is 1. The van der Waals surface area contributed by atoms with Crippen LogP contribution in [0.25, 0.3) is 22.4 Å². The Morgan fingerprint density at radius 1 is 1.24 bits per heavy atom. The number of aryl methyl sites for hydroxylation is 1. The van der Waals surface area contributed by atoms with E-state index in [4.69, 9.17) is 10.7 Å². The topological polar surface area (TPSA) is 43.8 Å². The fourth-order valence-electron chi connectivity index (χ4n) is 2.94. The van der Waals surface area contributed by atoms with Crippen molar-refractivity contribution >= 4 is 16.7 Å². The number of fused-ring (bicyclic) bond motifs is 1. The lowest BCUT2D eigenvalue weighted by Gasteiger charge is -2.12. The number of nitrogens with two attached hydrogens (primary N) is 1. The van der Waals surface area contributed by atoms with Crippen molar-refractivity contribution in [2.45, 2.75) is 25.8 Å². The second-order valence-corrected chi connectivity index (χ2v) is 5.71. The highest BCUT2D eigenvalue weighted by molar-refractivity contribution is 5.85. The molecule has 0 atom stereocenters. The third kappa shape index (κ3) is 1.90. The Morgan fingerprint density at radius 3 is 2.76 bits per heavy atom. The van der Waals surface area contributed by atoms with Crippen LogP contribution in [-0.4, -0.2) is 9.55 Å². The molecule has 0 radical (unpaired) electrons. The van der Waals surface area contributed by atoms with Crippen molar-refractivity contribution in [1.82, 2.24) is 9.55 Å². The van der Waals surface area contributed by atoms with Gasteiger partial charge in [-0.1, -0.05) is 12.1 Å². The Bertz CT molecular complexity index is 826. The number of aromatic nitrogens is 2. The molecule has 3 aromatic rings. The van der Waals surface area contributed by atoms with Crippen molar-refractivity contribution in [3.8, 4) is 11.4 Å². The van der Waals surface area contributed by atoms with Crippen LogP contribution in [0.4, 0.5) is 10.1 Å². The van der Waals surface area contributed by atoms with E-state index in [1.165, 1.54) is 6.07 Å². The third-order valence-electron chi connectivity index (χ3n) is 4.09. The van der Waals surface area contributed by atoms with E-state index in [-0.39, 0.29) is 5.82 Å². The molecule has 1 saturated carbocycles. The monoisotopic (exact) mass is 281 g/mol. The van der Waals surface area contributed by atoms with Gasteiger partial charge >= 0.3 is 0 Å². The quantitative estimate of drug-likeness (QED) is 0.720. The Morgan fingerprint density at radius 2 is 2.05 bits per heavy atom. The second kappa shape index (κ2) is 4.32. The molecule has 0 bridgehead atoms. The number of anilines is 1. The highest BCUT2D eigenvalue weighted by Gasteiger charge is 2.29. The predicted octanol–water partition coefficient (Wildman–Crippen LogP) is 4.07. The molecule has 1 aliphatic carbocycles. The van der Waals surface area contributed by atoms with E-state index in [9.17, 15) is 4.39 Å². The maximum absolute atomic E-state index is 13.6. The van der Waals surface area contributed by atoms with Crippen LogP contribution in [0.2, 0.25) is 0 Å². The van der Waals surface area contributed by atoms with Gasteiger partial charge in [-0.3, -0.25) is 0 Å². The number of imidazole rings is 1. The molecule has 0 amide bonds. The summed E-state index contributed by atoms with van der Waals surface area (Å²) in [6.45, 7) is 2.03. The SMILES string of the molecule is Cc1cccc(N)c1-c1nc2ccc(F)cc2n1C1CC1. The van der Waals surface area contributed by atoms with Gasteiger partial charge in [-0.2, -0.15) is 0 Å². The van der Waals surface area contributed by atoms with Gasteiger partial charge in [0.25, 0.3) is 0 Å². The van der Waals surface area contributed by atoms with Crippen molar-refractivity contribution in [3.63, 3.8) is 0 Å². The van der Waals surface area contributed by atoms with Crippen LogP contribution in [0.3, 0.4) is 0 Å². The van der Waals surface area contributed by atoms with Crippen LogP contribution in [0.1, 0.15) is 24.4 Å². The van der Waals surface area contributed by atoms with Crippen LogP contribution >= 0.6 is 0 Å². The molecule has 106 valence electrons. The summed E-state index contributed by atoms with van der Waals surface area (Å²) in [5.41, 5.74) is 10.6. The Balaban J connectivity index is 2.07. The molecule has 3 nitrogen and oxygen atoms in total. The molecule has 0 unspecified atom stereocenters. The number of rotatable bonds is 2. The summed E-state index contributed by atoms with van der Waals surface area (Å²) >= 11 is 0. The zero-order valence-corrected chi connectivity index (χ0v) is 11.8. The van der Waals surface area contributed by atoms with E-state index in [0.717, 1.165) is 40.8 Å². The number of benzene rings is 2. The maximum Gasteiger partial charge on any atom is 0.143 e. The summed E-state index contributed by atoms with van der Waals surface area (Å²) in [6.07, 6.45) is 2.22. The van der Waals surface area contributed by atoms with Crippen LogP contribution < -0.4 is 5.73 Å². The number of nitrogens with zero attached hydrogens (tertiary/aromatic N) is 2. The molecule has 0 saturated heterocycles. The minimum absolute atomic E-state index is 0.228. The summed E-state index contributed by atoms with van der Waals surface area (Å²) < 4.78 is 15.8. The van der Waals surface area contributed by atoms with Crippen LogP contribution in [-0.2, 0) is 0 Å². The molecule has 0 aliphatic heterocycles. The molecule has 1 fully saturated rings. The number of halogens is 1. The smallest absolute Gasteiger partial charge is 0.143 e. The van der Waals surface area contributed by atoms with Gasteiger partial charge in [-0.25, -0.2) is 9.37 Å². The van der Waals surface area contributed by atoms with Gasteiger partial charge < -0.3 is 10.3 Å². The summed E-state index contributed by atoms with van der Waals surface area (Å²) in [5.74, 6) is 0.627. The third-order valence-corrected chi connectivity index (χ3v) is 4.09. The Kier molecular flexibility index (Phi) is 2.55. The van der Waals surface area contributed by atoms with Crippen molar-refractivity contribution in [2.24, 2.45) is 0 Å². The maximum atomic E-state index is 13.6. The molecule has 4 rings (SSSR count). The fraction of sp³-hybridized carbons (Fsp3) is 0.235. The largest absolute Gasteiger partial charge is 0.398 e. The summed E-state index contributed by atoms with van der Waals surface area (Å²) in [4.78, 5) is 4.72. The van der Waals surface area contributed by atoms with Crippen molar-refractivity contribution < 1.29 is 4.39 Å². The molecule has 2 N–H and O–H groups in total. The van der Waals surface area contributed by atoms with Gasteiger partial charge in [-0.05, 0) is 49.6 Å². The Hall–Kier alpha value is -2.36. The normalized spacial score (nSPS) is 14.8. The van der Waals surface area contributed by atoms with Crippen molar-refractivity contribution in [1.29, 1.82) is 0 Å². The van der Waals surface area contributed by atoms with Crippen molar-refractivity contribution in [3.05, 3.63) is 47.8 Å². The van der Waals surface area contributed by atoms with E-state index >= 15 is 0 Å². The molecule has 0 spiro atoms. The predicted molar refractivity (Wildman–Crippen MR) is 82.5 cm³/mol. The summed E-state index contributed by atoms with van der Waals surface area (Å²) in [7, 11) is 0. The molecule has 21 heavy (non-hydrogen) atoms. The molecule has 1 aliphatic rings. The lowest BCUT2D eigenvalue weighted by Crippen LogP contribution is -2.01. The first kappa shape index (κ1) is 12.4. The minimum atomic E-state index is -0.228. The minimum Gasteiger partial charge on any atom is -0.398 e. The Labute approximate surface area is 122 Å². The fourth-order valence-corrected chi connectivity index (χ4v) is 2.94. The highest BCUT2D eigenvalue weighted by Crippen LogP contribution is 2.42. The number of hydrogen-bond donors (Lipinski definition) is 1. The highest BCUT2D eigenvalue weighted by atomic mass is 19.1. The number of hydrogen-bond acceptors (Lipinski definition) is 2. The second-order valence-electron chi connectivity index (χ2n) is 5.71. The lowest BCUT2D eigenvalue weighted by atomic mass is 10.1. The van der Waals surface area contributed by atoms with E-state index in [2.05, 4.69) is 4.57 Å². The zero-order chi connectivity index (χ0) is 14.6. The van der Waals surface area contributed by atoms with Crippen LogP contribution in [0.15, 0.2) is 36.4 Å². The van der Waals surface area contributed by atoms with E-state index in [1.54, 1.807) is 12.1 Å². The first-order chi connectivity index (χ1) is 10.1. The summed E-state index contributed by atoms with van der Waals surface area (Å²) in [6, 6.07) is 11.0. The lowest BCUT2D eigenvalue weighted by molar-refractivity contribution is 0.628. The molecular formula is C17H16FN3. The first-order valence-electron chi connectivity index (χ1n) is 7.18. The van der Waals surface area contributed by atoms with Crippen LogP contribution in [0.5, 0.6) is 0 Å². The average Bonchev–Trinajstić information content (AvgIpc) is 3.21. The summed E-state index contributed by atoms with van der Waals surface area (Å²) in [5, 5.41) is 0. The van der Waals surface area contributed by atoms with E-state index < -0.39 is 0 Å². The first-order valence-corrected chi connectivity index (χ1v) is 7.18. The van der Waals surface area contributed by atoms with Gasteiger partial charge in [0.05, 0.1) is 11.0 Å². The molecule has 1 aromatic heterocycles. The van der Waals surface area contributed by atoms with Gasteiger partial charge in [0.15, 0.2) is 0 Å².